The first-order chi connectivity index (χ1) is 9.12. The van der Waals surface area contributed by atoms with Gasteiger partial charge in [-0.25, -0.2) is 0 Å². The average molecular weight is 265 g/mol. The SMILES string of the molecule is CCN(CCCO)C(=O)Cc1cc(C)ccc1OC. The third-order valence-electron chi connectivity index (χ3n) is 3.10. The standard InChI is InChI=1S/C15H23NO3/c1-4-16(8-5-9-17)15(18)11-13-10-12(2)6-7-14(13)19-3/h6-7,10,17H,4-5,8-9,11H2,1-3H3. The van der Waals surface area contributed by atoms with Crippen molar-refractivity contribution in [1.82, 2.24) is 4.90 Å². The molecule has 0 aliphatic rings. The van der Waals surface area contributed by atoms with Gasteiger partial charge in [0.05, 0.1) is 13.5 Å². The van der Waals surface area contributed by atoms with Crippen molar-refractivity contribution >= 4 is 5.91 Å². The number of likely N-dealkylation sites (N-methyl/N-ethyl adjacent to an activating group) is 1. The zero-order valence-corrected chi connectivity index (χ0v) is 12.0. The van der Waals surface area contributed by atoms with E-state index in [2.05, 4.69) is 0 Å². The van der Waals surface area contributed by atoms with Crippen molar-refractivity contribution in [2.24, 2.45) is 0 Å². The van der Waals surface area contributed by atoms with Gasteiger partial charge in [-0.15, -0.1) is 0 Å². The van der Waals surface area contributed by atoms with Gasteiger partial charge in [0, 0.05) is 25.3 Å². The van der Waals surface area contributed by atoms with Crippen LogP contribution in [0.4, 0.5) is 0 Å². The molecular weight excluding hydrogens is 242 g/mol. The van der Waals surface area contributed by atoms with Gasteiger partial charge in [-0.3, -0.25) is 4.79 Å². The van der Waals surface area contributed by atoms with Crippen LogP contribution in [-0.2, 0) is 11.2 Å². The van der Waals surface area contributed by atoms with Crippen LogP contribution < -0.4 is 4.74 Å². The van der Waals surface area contributed by atoms with E-state index >= 15 is 0 Å². The van der Waals surface area contributed by atoms with Crippen LogP contribution in [0.2, 0.25) is 0 Å². The van der Waals surface area contributed by atoms with Crippen LogP contribution >= 0.6 is 0 Å². The fourth-order valence-electron chi connectivity index (χ4n) is 2.04. The zero-order chi connectivity index (χ0) is 14.3. The molecule has 4 nitrogen and oxygen atoms in total. The predicted molar refractivity (Wildman–Crippen MR) is 75.4 cm³/mol. The third-order valence-corrected chi connectivity index (χ3v) is 3.10. The quantitative estimate of drug-likeness (QED) is 0.817. The molecular formula is C15H23NO3. The highest BCUT2D eigenvalue weighted by Crippen LogP contribution is 2.20. The Morgan fingerprint density at radius 2 is 2.16 bits per heavy atom. The van der Waals surface area contributed by atoms with E-state index in [4.69, 9.17) is 9.84 Å². The normalized spacial score (nSPS) is 10.3. The minimum atomic E-state index is 0.0693. The lowest BCUT2D eigenvalue weighted by atomic mass is 10.1. The van der Waals surface area contributed by atoms with Crippen molar-refractivity contribution in [3.63, 3.8) is 0 Å². The molecule has 0 aromatic heterocycles. The molecule has 0 spiro atoms. The van der Waals surface area contributed by atoms with Gasteiger partial charge in [0.2, 0.25) is 5.91 Å². The molecule has 0 heterocycles. The highest BCUT2D eigenvalue weighted by atomic mass is 16.5. The summed E-state index contributed by atoms with van der Waals surface area (Å²) in [7, 11) is 1.61. The number of benzene rings is 1. The van der Waals surface area contributed by atoms with Gasteiger partial charge >= 0.3 is 0 Å². The smallest absolute Gasteiger partial charge is 0.227 e. The van der Waals surface area contributed by atoms with Crippen LogP contribution in [0.5, 0.6) is 5.75 Å². The van der Waals surface area contributed by atoms with Crippen molar-refractivity contribution in [1.29, 1.82) is 0 Å². The van der Waals surface area contributed by atoms with Gasteiger partial charge in [0.25, 0.3) is 0 Å². The van der Waals surface area contributed by atoms with Crippen LogP contribution in [0.3, 0.4) is 0 Å². The zero-order valence-electron chi connectivity index (χ0n) is 12.0. The minimum absolute atomic E-state index is 0.0693. The number of rotatable bonds is 7. The maximum absolute atomic E-state index is 12.2. The molecule has 0 aliphatic heterocycles. The Hall–Kier alpha value is -1.55. The van der Waals surface area contributed by atoms with Crippen LogP contribution in [-0.4, -0.2) is 42.7 Å². The summed E-state index contributed by atoms with van der Waals surface area (Å²) in [5.74, 6) is 0.817. The number of aryl methyl sites for hydroxylation is 1. The summed E-state index contributed by atoms with van der Waals surface area (Å²) in [6.45, 7) is 5.31. The number of carbonyl (C=O) groups excluding carboxylic acids is 1. The Balaban J connectivity index is 2.77. The fourth-order valence-corrected chi connectivity index (χ4v) is 2.04. The number of methoxy groups -OCH3 is 1. The van der Waals surface area contributed by atoms with E-state index in [1.54, 1.807) is 12.0 Å². The minimum Gasteiger partial charge on any atom is -0.496 e. The van der Waals surface area contributed by atoms with Gasteiger partial charge in [-0.2, -0.15) is 0 Å². The third kappa shape index (κ3) is 4.56. The number of aliphatic hydroxyl groups is 1. The van der Waals surface area contributed by atoms with E-state index in [1.165, 1.54) is 0 Å². The number of ether oxygens (including phenoxy) is 1. The van der Waals surface area contributed by atoms with Crippen LogP contribution in [0.25, 0.3) is 0 Å². The van der Waals surface area contributed by atoms with Crippen molar-refractivity contribution in [3.05, 3.63) is 29.3 Å². The Labute approximate surface area is 115 Å². The van der Waals surface area contributed by atoms with E-state index in [0.29, 0.717) is 25.9 Å². The molecule has 4 heteroatoms. The first-order valence-electron chi connectivity index (χ1n) is 6.64. The monoisotopic (exact) mass is 265 g/mol. The number of nitrogens with zero attached hydrogens (tertiary/aromatic N) is 1. The summed E-state index contributed by atoms with van der Waals surface area (Å²) in [5.41, 5.74) is 2.02. The topological polar surface area (TPSA) is 49.8 Å². The largest absolute Gasteiger partial charge is 0.496 e. The lowest BCUT2D eigenvalue weighted by molar-refractivity contribution is -0.130. The molecule has 19 heavy (non-hydrogen) atoms. The lowest BCUT2D eigenvalue weighted by Crippen LogP contribution is -2.33. The first-order valence-corrected chi connectivity index (χ1v) is 6.64. The van der Waals surface area contributed by atoms with Crippen molar-refractivity contribution in [3.8, 4) is 5.75 Å². The van der Waals surface area contributed by atoms with Gasteiger partial charge in [-0.05, 0) is 26.3 Å². The summed E-state index contributed by atoms with van der Waals surface area (Å²) in [5, 5.41) is 8.84. The Morgan fingerprint density at radius 1 is 1.42 bits per heavy atom. The van der Waals surface area contributed by atoms with Gasteiger partial charge in [0.15, 0.2) is 0 Å². The molecule has 1 amide bonds. The number of carbonyl (C=O) groups is 1. The van der Waals surface area contributed by atoms with Gasteiger partial charge in [0.1, 0.15) is 5.75 Å². The molecule has 0 radical (unpaired) electrons. The summed E-state index contributed by atoms with van der Waals surface area (Å²) < 4.78 is 5.28. The fraction of sp³-hybridized carbons (Fsp3) is 0.533. The Kier molecular flexibility index (Phi) is 6.36. The van der Waals surface area contributed by atoms with E-state index < -0.39 is 0 Å². The predicted octanol–water partition coefficient (Wildman–Crippen LogP) is 1.78. The van der Waals surface area contributed by atoms with Crippen molar-refractivity contribution in [2.75, 3.05) is 26.8 Å². The van der Waals surface area contributed by atoms with E-state index in [1.807, 2.05) is 32.0 Å². The molecule has 0 saturated heterocycles. The molecule has 0 saturated carbocycles. The summed E-state index contributed by atoms with van der Waals surface area (Å²) >= 11 is 0. The number of hydrogen-bond acceptors (Lipinski definition) is 3. The number of amides is 1. The van der Waals surface area contributed by atoms with Gasteiger partial charge < -0.3 is 14.7 Å². The second kappa shape index (κ2) is 7.79. The van der Waals surface area contributed by atoms with Crippen molar-refractivity contribution < 1.29 is 14.6 Å². The van der Waals surface area contributed by atoms with Crippen LogP contribution in [0.1, 0.15) is 24.5 Å². The molecule has 0 aliphatic carbocycles. The lowest BCUT2D eigenvalue weighted by Gasteiger charge is -2.21. The average Bonchev–Trinajstić information content (AvgIpc) is 2.40. The molecule has 0 unspecified atom stereocenters. The number of hydrogen-bond donors (Lipinski definition) is 1. The van der Waals surface area contributed by atoms with Crippen LogP contribution in [0.15, 0.2) is 18.2 Å². The Morgan fingerprint density at radius 3 is 2.74 bits per heavy atom. The molecule has 1 aromatic rings. The summed E-state index contributed by atoms with van der Waals surface area (Å²) in [4.78, 5) is 14.0. The molecule has 0 atom stereocenters. The molecule has 0 bridgehead atoms. The highest BCUT2D eigenvalue weighted by molar-refractivity contribution is 5.79. The molecule has 0 fully saturated rings. The second-order valence-electron chi connectivity index (χ2n) is 4.54. The van der Waals surface area contributed by atoms with E-state index in [-0.39, 0.29) is 12.5 Å². The van der Waals surface area contributed by atoms with E-state index in [9.17, 15) is 4.79 Å². The maximum Gasteiger partial charge on any atom is 0.227 e. The molecule has 1 N–H and O–H groups in total. The van der Waals surface area contributed by atoms with E-state index in [0.717, 1.165) is 16.9 Å². The number of aliphatic hydroxyl groups excluding tert-OH is 1. The first kappa shape index (κ1) is 15.5. The molecule has 106 valence electrons. The summed E-state index contributed by atoms with van der Waals surface area (Å²) in [6.07, 6.45) is 0.953. The maximum atomic E-state index is 12.2. The highest BCUT2D eigenvalue weighted by Gasteiger charge is 2.14. The molecule has 1 rings (SSSR count). The van der Waals surface area contributed by atoms with Crippen molar-refractivity contribution in [2.45, 2.75) is 26.7 Å². The van der Waals surface area contributed by atoms with Gasteiger partial charge in [-0.1, -0.05) is 17.7 Å². The summed E-state index contributed by atoms with van der Waals surface area (Å²) in [6, 6.07) is 5.84. The molecule has 1 aromatic carbocycles. The van der Waals surface area contributed by atoms with Crippen LogP contribution in [0, 0.1) is 6.92 Å². The second-order valence-corrected chi connectivity index (χ2v) is 4.54. The Bertz CT molecular complexity index is 418.